The Morgan fingerprint density at radius 1 is 1.04 bits per heavy atom. The molecule has 0 heterocycles. The normalized spacial score (nSPS) is 12.5. The van der Waals surface area contributed by atoms with Crippen molar-refractivity contribution in [3.05, 3.63) is 59.1 Å². The van der Waals surface area contributed by atoms with Crippen LogP contribution >= 0.6 is 11.6 Å². The monoisotopic (exact) mass is 431 g/mol. The number of halogens is 1. The second-order valence-electron chi connectivity index (χ2n) is 6.18. The van der Waals surface area contributed by atoms with Crippen molar-refractivity contribution in [1.82, 2.24) is 4.31 Å². The molecule has 0 aliphatic rings. The van der Waals surface area contributed by atoms with E-state index in [1.807, 2.05) is 0 Å². The van der Waals surface area contributed by atoms with Crippen LogP contribution in [0.3, 0.4) is 0 Å². The van der Waals surface area contributed by atoms with Crippen LogP contribution in [0.25, 0.3) is 0 Å². The van der Waals surface area contributed by atoms with Crippen molar-refractivity contribution in [1.29, 1.82) is 0 Å². The Morgan fingerprint density at radius 2 is 1.67 bits per heavy atom. The summed E-state index contributed by atoms with van der Waals surface area (Å²) in [5, 5.41) is 0.451. The minimum Gasteiger partial charge on any atom is -0.382 e. The second-order valence-corrected chi connectivity index (χ2v) is 10.4. The Morgan fingerprint density at radius 3 is 2.22 bits per heavy atom. The number of hydrogen-bond acceptors (Lipinski definition) is 5. The summed E-state index contributed by atoms with van der Waals surface area (Å²) in [6, 6.07) is 12.1. The summed E-state index contributed by atoms with van der Waals surface area (Å²) in [7, 11) is -7.41. The lowest BCUT2D eigenvalue weighted by molar-refractivity contribution is 0.347. The lowest BCUT2D eigenvalue weighted by Gasteiger charge is -2.26. The molecule has 0 bridgehead atoms. The Hall–Kier alpha value is -1.61. The van der Waals surface area contributed by atoms with Crippen LogP contribution in [0.15, 0.2) is 53.4 Å². The minimum atomic E-state index is -3.75. The first-order chi connectivity index (χ1) is 12.5. The molecule has 2 rings (SSSR count). The van der Waals surface area contributed by atoms with Gasteiger partial charge in [0.15, 0.2) is 0 Å². The molecular weight excluding hydrogens is 410 g/mol. The van der Waals surface area contributed by atoms with Gasteiger partial charge in [-0.05, 0) is 62.7 Å². The fourth-order valence-corrected chi connectivity index (χ4v) is 4.63. The molecule has 148 valence electrons. The molecule has 0 unspecified atom stereocenters. The van der Waals surface area contributed by atoms with Gasteiger partial charge < -0.3 is 4.18 Å². The lowest BCUT2D eigenvalue weighted by Crippen LogP contribution is -2.36. The van der Waals surface area contributed by atoms with E-state index in [1.165, 1.54) is 47.6 Å². The predicted octanol–water partition coefficient (Wildman–Crippen LogP) is 3.67. The molecule has 0 aliphatic carbocycles. The zero-order chi connectivity index (χ0) is 20.2. The van der Waals surface area contributed by atoms with Crippen molar-refractivity contribution < 1.29 is 21.0 Å². The van der Waals surface area contributed by atoms with Crippen LogP contribution in [0.5, 0.6) is 5.75 Å². The predicted molar refractivity (Wildman–Crippen MR) is 106 cm³/mol. The smallest absolute Gasteiger partial charge is 0.308 e. The van der Waals surface area contributed by atoms with Crippen molar-refractivity contribution in [3.63, 3.8) is 0 Å². The van der Waals surface area contributed by atoms with Crippen molar-refractivity contribution >= 4 is 31.7 Å². The number of sulfonamides is 1. The largest absolute Gasteiger partial charge is 0.382 e. The van der Waals surface area contributed by atoms with E-state index in [9.17, 15) is 16.8 Å². The van der Waals surface area contributed by atoms with E-state index in [-0.39, 0.29) is 29.0 Å². The fourth-order valence-electron chi connectivity index (χ4n) is 2.37. The van der Waals surface area contributed by atoms with Crippen molar-refractivity contribution in [2.45, 2.75) is 38.3 Å². The van der Waals surface area contributed by atoms with Gasteiger partial charge in [0.2, 0.25) is 10.0 Å². The van der Waals surface area contributed by atoms with E-state index in [2.05, 4.69) is 0 Å². The molecule has 0 N–H and O–H groups in total. The van der Waals surface area contributed by atoms with Gasteiger partial charge in [-0.3, -0.25) is 0 Å². The molecule has 0 spiro atoms. The molecule has 6 nitrogen and oxygen atoms in total. The molecule has 0 aromatic heterocycles. The molecular formula is C18H22ClNO5S2. The maximum absolute atomic E-state index is 13.0. The van der Waals surface area contributed by atoms with E-state index < -0.39 is 20.1 Å². The zero-order valence-electron chi connectivity index (χ0n) is 15.3. The first-order valence-electron chi connectivity index (χ1n) is 8.33. The summed E-state index contributed by atoms with van der Waals surface area (Å²) >= 11 is 5.84. The van der Waals surface area contributed by atoms with Gasteiger partial charge in [0.25, 0.3) is 0 Å². The summed E-state index contributed by atoms with van der Waals surface area (Å²) in [5.41, 5.74) is 0.616. The van der Waals surface area contributed by atoms with E-state index in [0.29, 0.717) is 10.6 Å². The van der Waals surface area contributed by atoms with Gasteiger partial charge in [0, 0.05) is 17.6 Å². The molecule has 0 saturated carbocycles. The quantitative estimate of drug-likeness (QED) is 0.595. The van der Waals surface area contributed by atoms with Crippen molar-refractivity contribution in [2.75, 3.05) is 5.75 Å². The van der Waals surface area contributed by atoms with Crippen molar-refractivity contribution in [3.8, 4) is 5.75 Å². The van der Waals surface area contributed by atoms with Gasteiger partial charge in [0.1, 0.15) is 5.75 Å². The first-order valence-corrected chi connectivity index (χ1v) is 11.7. The average Bonchev–Trinajstić information content (AvgIpc) is 2.59. The van der Waals surface area contributed by atoms with Gasteiger partial charge in [0.05, 0.1) is 10.6 Å². The molecule has 2 aromatic rings. The topological polar surface area (TPSA) is 80.8 Å². The number of nitrogens with zero attached hydrogens (tertiary/aromatic N) is 1. The Kier molecular flexibility index (Phi) is 6.91. The van der Waals surface area contributed by atoms with Crippen LogP contribution in [-0.4, -0.2) is 32.9 Å². The van der Waals surface area contributed by atoms with E-state index in [4.69, 9.17) is 15.8 Å². The summed E-state index contributed by atoms with van der Waals surface area (Å²) < 4.78 is 55.6. The van der Waals surface area contributed by atoms with E-state index in [0.717, 1.165) is 0 Å². The fraction of sp³-hybridized carbons (Fsp3) is 0.333. The average molecular weight is 432 g/mol. The Balaban J connectivity index is 2.33. The molecule has 2 aromatic carbocycles. The second kappa shape index (κ2) is 8.60. The van der Waals surface area contributed by atoms with E-state index in [1.54, 1.807) is 26.0 Å². The Bertz CT molecular complexity index is 987. The number of hydrogen-bond donors (Lipinski definition) is 0. The maximum Gasteiger partial charge on any atom is 0.308 e. The third-order valence-corrected chi connectivity index (χ3v) is 7.25. The third kappa shape index (κ3) is 5.68. The summed E-state index contributed by atoms with van der Waals surface area (Å²) in [6.45, 7) is 5.11. The van der Waals surface area contributed by atoms with Crippen LogP contribution in [0, 0.1) is 0 Å². The molecule has 9 heteroatoms. The van der Waals surface area contributed by atoms with Crippen molar-refractivity contribution in [2.24, 2.45) is 0 Å². The summed E-state index contributed by atoms with van der Waals surface area (Å²) in [4.78, 5) is 0.140. The highest BCUT2D eigenvalue weighted by Gasteiger charge is 2.27. The van der Waals surface area contributed by atoms with Crippen LogP contribution in [0.2, 0.25) is 5.02 Å². The third-order valence-electron chi connectivity index (χ3n) is 3.81. The lowest BCUT2D eigenvalue weighted by atomic mass is 10.2. The van der Waals surface area contributed by atoms with Crippen LogP contribution in [-0.2, 0) is 26.7 Å². The number of rotatable bonds is 8. The van der Waals surface area contributed by atoms with Gasteiger partial charge in [-0.2, -0.15) is 12.7 Å². The van der Waals surface area contributed by atoms with E-state index >= 15 is 0 Å². The summed E-state index contributed by atoms with van der Waals surface area (Å²) in [6.07, 6.45) is 0. The minimum absolute atomic E-state index is 0.0754. The highest BCUT2D eigenvalue weighted by molar-refractivity contribution is 7.89. The molecule has 0 amide bonds. The Labute approximate surface area is 165 Å². The first kappa shape index (κ1) is 21.7. The van der Waals surface area contributed by atoms with Gasteiger partial charge >= 0.3 is 10.1 Å². The highest BCUT2D eigenvalue weighted by atomic mass is 35.5. The zero-order valence-corrected chi connectivity index (χ0v) is 17.7. The van der Waals surface area contributed by atoms with Crippen LogP contribution < -0.4 is 4.18 Å². The molecule has 0 fully saturated rings. The SMILES string of the molecule is CCS(=O)(=O)Oc1cccc(CN(C(C)C)S(=O)(=O)c2ccc(Cl)cc2)c1. The van der Waals surface area contributed by atoms with Gasteiger partial charge in [-0.25, -0.2) is 8.42 Å². The summed E-state index contributed by atoms with van der Waals surface area (Å²) in [5.74, 6) is 0.00209. The van der Waals surface area contributed by atoms with Crippen LogP contribution in [0.4, 0.5) is 0 Å². The highest BCUT2D eigenvalue weighted by Crippen LogP contribution is 2.24. The van der Waals surface area contributed by atoms with Crippen LogP contribution in [0.1, 0.15) is 26.3 Å². The molecule has 0 saturated heterocycles. The maximum atomic E-state index is 13.0. The molecule has 27 heavy (non-hydrogen) atoms. The number of benzene rings is 2. The molecule has 0 atom stereocenters. The standard InChI is InChI=1S/C18H22ClNO5S2/c1-4-26(21,22)25-17-7-5-6-15(12-17)13-20(14(2)3)27(23,24)18-10-8-16(19)9-11-18/h5-12,14H,4,13H2,1-3H3. The van der Waals surface area contributed by atoms with Gasteiger partial charge in [-0.1, -0.05) is 23.7 Å². The molecule has 0 aliphatic heterocycles. The molecule has 0 radical (unpaired) electrons. The van der Waals surface area contributed by atoms with Gasteiger partial charge in [-0.15, -0.1) is 0 Å².